The van der Waals surface area contributed by atoms with Crippen LogP contribution in [0.4, 0.5) is 11.5 Å². The number of benzene rings is 1. The SMILES string of the molecule is Cc1nccc(NC(=O)c2ccc(N3CCN(C(C)C)CC3)cc2)n1. The van der Waals surface area contributed by atoms with Crippen molar-refractivity contribution in [2.45, 2.75) is 26.8 Å². The van der Waals surface area contributed by atoms with Crippen molar-refractivity contribution in [3.05, 3.63) is 47.9 Å². The molecule has 0 radical (unpaired) electrons. The number of nitrogens with one attached hydrogen (secondary N) is 1. The number of hydrogen-bond donors (Lipinski definition) is 1. The molecule has 1 aromatic carbocycles. The van der Waals surface area contributed by atoms with Crippen molar-refractivity contribution in [3.63, 3.8) is 0 Å². The molecule has 1 aliphatic heterocycles. The number of nitrogens with zero attached hydrogens (tertiary/aromatic N) is 4. The van der Waals surface area contributed by atoms with Crippen LogP contribution in [0.2, 0.25) is 0 Å². The highest BCUT2D eigenvalue weighted by atomic mass is 16.1. The summed E-state index contributed by atoms with van der Waals surface area (Å²) in [5.74, 6) is 0.995. The van der Waals surface area contributed by atoms with Gasteiger partial charge in [-0.25, -0.2) is 9.97 Å². The number of carbonyl (C=O) groups is 1. The third-order valence-corrected chi connectivity index (χ3v) is 4.56. The highest BCUT2D eigenvalue weighted by molar-refractivity contribution is 6.03. The second kappa shape index (κ2) is 7.61. The molecule has 1 aliphatic rings. The smallest absolute Gasteiger partial charge is 0.256 e. The number of aryl methyl sites for hydroxylation is 1. The average Bonchev–Trinajstić information content (AvgIpc) is 2.62. The highest BCUT2D eigenvalue weighted by Gasteiger charge is 2.19. The molecule has 1 N–H and O–H groups in total. The first kappa shape index (κ1) is 17.4. The Hall–Kier alpha value is -2.47. The Labute approximate surface area is 148 Å². The molecule has 1 aromatic heterocycles. The van der Waals surface area contributed by atoms with Gasteiger partial charge in [-0.2, -0.15) is 0 Å². The predicted molar refractivity (Wildman–Crippen MR) is 100 cm³/mol. The maximum Gasteiger partial charge on any atom is 0.256 e. The maximum atomic E-state index is 12.3. The number of carbonyl (C=O) groups excluding carboxylic acids is 1. The van der Waals surface area contributed by atoms with Crippen LogP contribution >= 0.6 is 0 Å². The van der Waals surface area contributed by atoms with E-state index in [9.17, 15) is 4.79 Å². The van der Waals surface area contributed by atoms with Gasteiger partial charge in [0.1, 0.15) is 11.6 Å². The van der Waals surface area contributed by atoms with Crippen LogP contribution in [0.1, 0.15) is 30.0 Å². The van der Waals surface area contributed by atoms with Crippen molar-refractivity contribution in [2.24, 2.45) is 0 Å². The van der Waals surface area contributed by atoms with E-state index in [-0.39, 0.29) is 5.91 Å². The molecule has 1 fully saturated rings. The summed E-state index contributed by atoms with van der Waals surface area (Å²) < 4.78 is 0. The van der Waals surface area contributed by atoms with Crippen molar-refractivity contribution in [1.82, 2.24) is 14.9 Å². The minimum atomic E-state index is -0.158. The van der Waals surface area contributed by atoms with Crippen LogP contribution in [0.25, 0.3) is 0 Å². The van der Waals surface area contributed by atoms with Crippen LogP contribution in [0.15, 0.2) is 36.5 Å². The van der Waals surface area contributed by atoms with E-state index in [0.717, 1.165) is 31.9 Å². The monoisotopic (exact) mass is 339 g/mol. The molecule has 1 saturated heterocycles. The molecule has 6 nitrogen and oxygen atoms in total. The fourth-order valence-electron chi connectivity index (χ4n) is 3.03. The lowest BCUT2D eigenvalue weighted by molar-refractivity contribution is 0.102. The van der Waals surface area contributed by atoms with E-state index in [1.807, 2.05) is 24.3 Å². The molecule has 0 unspecified atom stereocenters. The molecule has 132 valence electrons. The van der Waals surface area contributed by atoms with Crippen molar-refractivity contribution in [3.8, 4) is 0 Å². The Morgan fingerprint density at radius 2 is 1.76 bits per heavy atom. The summed E-state index contributed by atoms with van der Waals surface area (Å²) in [5.41, 5.74) is 1.79. The highest BCUT2D eigenvalue weighted by Crippen LogP contribution is 2.18. The van der Waals surface area contributed by atoms with E-state index < -0.39 is 0 Å². The first-order chi connectivity index (χ1) is 12.0. The summed E-state index contributed by atoms with van der Waals surface area (Å²) >= 11 is 0. The van der Waals surface area contributed by atoms with Gasteiger partial charge < -0.3 is 10.2 Å². The third-order valence-electron chi connectivity index (χ3n) is 4.56. The van der Waals surface area contributed by atoms with Crippen LogP contribution in [-0.2, 0) is 0 Å². The molecule has 2 heterocycles. The number of amides is 1. The molecule has 2 aromatic rings. The van der Waals surface area contributed by atoms with E-state index in [2.05, 4.69) is 38.9 Å². The molecule has 0 saturated carbocycles. The lowest BCUT2D eigenvalue weighted by atomic mass is 10.1. The van der Waals surface area contributed by atoms with Crippen molar-refractivity contribution < 1.29 is 4.79 Å². The van der Waals surface area contributed by atoms with Crippen molar-refractivity contribution in [1.29, 1.82) is 0 Å². The molecule has 0 aliphatic carbocycles. The normalized spacial score (nSPS) is 15.4. The molecule has 6 heteroatoms. The van der Waals surface area contributed by atoms with Gasteiger partial charge in [-0.15, -0.1) is 0 Å². The Morgan fingerprint density at radius 3 is 2.36 bits per heavy atom. The Kier molecular flexibility index (Phi) is 5.28. The lowest BCUT2D eigenvalue weighted by Crippen LogP contribution is -2.48. The summed E-state index contributed by atoms with van der Waals surface area (Å²) in [4.78, 5) is 25.4. The largest absolute Gasteiger partial charge is 0.369 e. The second-order valence-electron chi connectivity index (χ2n) is 6.61. The van der Waals surface area contributed by atoms with Gasteiger partial charge in [0.15, 0.2) is 0 Å². The molecule has 0 atom stereocenters. The summed E-state index contributed by atoms with van der Waals surface area (Å²) in [6.45, 7) is 10.5. The summed E-state index contributed by atoms with van der Waals surface area (Å²) in [6, 6.07) is 10.1. The van der Waals surface area contributed by atoms with Gasteiger partial charge in [0.25, 0.3) is 5.91 Å². The summed E-state index contributed by atoms with van der Waals surface area (Å²) in [7, 11) is 0. The topological polar surface area (TPSA) is 61.4 Å². The second-order valence-corrected chi connectivity index (χ2v) is 6.61. The maximum absolute atomic E-state index is 12.3. The quantitative estimate of drug-likeness (QED) is 0.928. The van der Waals surface area contributed by atoms with Crippen LogP contribution < -0.4 is 10.2 Å². The lowest BCUT2D eigenvalue weighted by Gasteiger charge is -2.38. The van der Waals surface area contributed by atoms with E-state index in [4.69, 9.17) is 0 Å². The predicted octanol–water partition coefficient (Wildman–Crippen LogP) is 2.57. The zero-order chi connectivity index (χ0) is 17.8. The number of rotatable bonds is 4. The van der Waals surface area contributed by atoms with Crippen LogP contribution in [0, 0.1) is 6.92 Å². The summed E-state index contributed by atoms with van der Waals surface area (Å²) in [6.07, 6.45) is 1.64. The fourth-order valence-corrected chi connectivity index (χ4v) is 3.03. The van der Waals surface area contributed by atoms with Gasteiger partial charge in [-0.1, -0.05) is 0 Å². The minimum Gasteiger partial charge on any atom is -0.369 e. The Morgan fingerprint density at radius 1 is 1.08 bits per heavy atom. The van der Waals surface area contributed by atoms with Gasteiger partial charge >= 0.3 is 0 Å². The van der Waals surface area contributed by atoms with Gasteiger partial charge in [0.2, 0.25) is 0 Å². The van der Waals surface area contributed by atoms with E-state index in [0.29, 0.717) is 23.2 Å². The van der Waals surface area contributed by atoms with Crippen LogP contribution in [-0.4, -0.2) is 53.0 Å². The first-order valence-corrected chi connectivity index (χ1v) is 8.73. The van der Waals surface area contributed by atoms with Gasteiger partial charge in [0.05, 0.1) is 0 Å². The fraction of sp³-hybridized carbons (Fsp3) is 0.421. The van der Waals surface area contributed by atoms with Crippen molar-refractivity contribution >= 4 is 17.4 Å². The molecule has 0 bridgehead atoms. The van der Waals surface area contributed by atoms with Gasteiger partial charge in [-0.3, -0.25) is 9.69 Å². The van der Waals surface area contributed by atoms with E-state index in [1.54, 1.807) is 19.2 Å². The standard InChI is InChI=1S/C19H25N5O/c1-14(2)23-10-12-24(13-11-23)17-6-4-16(5-7-17)19(25)22-18-8-9-20-15(3)21-18/h4-9,14H,10-13H2,1-3H3,(H,20,21,22,25). The van der Waals surface area contributed by atoms with E-state index >= 15 is 0 Å². The Bertz CT molecular complexity index is 721. The summed E-state index contributed by atoms with van der Waals surface area (Å²) in [5, 5.41) is 2.81. The zero-order valence-corrected chi connectivity index (χ0v) is 15.1. The van der Waals surface area contributed by atoms with Crippen molar-refractivity contribution in [2.75, 3.05) is 36.4 Å². The van der Waals surface area contributed by atoms with E-state index in [1.165, 1.54) is 0 Å². The molecule has 0 spiro atoms. The zero-order valence-electron chi connectivity index (χ0n) is 15.1. The molecule has 1 amide bonds. The Balaban J connectivity index is 1.61. The molecule has 25 heavy (non-hydrogen) atoms. The third kappa shape index (κ3) is 4.33. The minimum absolute atomic E-state index is 0.158. The first-order valence-electron chi connectivity index (χ1n) is 8.73. The van der Waals surface area contributed by atoms with Gasteiger partial charge in [-0.05, 0) is 51.1 Å². The number of hydrogen-bond acceptors (Lipinski definition) is 5. The van der Waals surface area contributed by atoms with Crippen LogP contribution in [0.3, 0.4) is 0 Å². The molecule has 3 rings (SSSR count). The van der Waals surface area contributed by atoms with Crippen LogP contribution in [0.5, 0.6) is 0 Å². The number of aromatic nitrogens is 2. The molecular formula is C19H25N5O. The van der Waals surface area contributed by atoms with Gasteiger partial charge in [0, 0.05) is 49.7 Å². The number of anilines is 2. The molecular weight excluding hydrogens is 314 g/mol. The average molecular weight is 339 g/mol. The number of piperazine rings is 1.